The van der Waals surface area contributed by atoms with E-state index in [-0.39, 0.29) is 35.8 Å². The van der Waals surface area contributed by atoms with Crippen LogP contribution in [0.25, 0.3) is 0 Å². The summed E-state index contributed by atoms with van der Waals surface area (Å²) in [7, 11) is -4.17. The van der Waals surface area contributed by atoms with Crippen LogP contribution < -0.4 is 4.74 Å². The Hall–Kier alpha value is -1.39. The Morgan fingerprint density at radius 2 is 1.79 bits per heavy atom. The average molecular weight is 517 g/mol. The van der Waals surface area contributed by atoms with Crippen molar-refractivity contribution in [2.24, 2.45) is 5.92 Å². The molecule has 3 atom stereocenters. The molecule has 0 radical (unpaired) electrons. The summed E-state index contributed by atoms with van der Waals surface area (Å²) in [6.07, 6.45) is 0.0869. The number of hydrogen-bond donors (Lipinski definition) is 0. The van der Waals surface area contributed by atoms with Crippen molar-refractivity contribution in [1.82, 2.24) is 0 Å². The Balaban J connectivity index is 1.61. The maximum atomic E-state index is 15.3. The van der Waals surface area contributed by atoms with Crippen molar-refractivity contribution in [2.75, 3.05) is 32.2 Å². The van der Waals surface area contributed by atoms with Gasteiger partial charge < -0.3 is 14.2 Å². The normalized spacial score (nSPS) is 27.2. The monoisotopic (exact) mass is 516 g/mol. The first kappa shape index (κ1) is 23.4. The summed E-state index contributed by atoms with van der Waals surface area (Å²) in [6, 6.07) is 7.72. The minimum Gasteiger partial charge on any atom is -0.490 e. The largest absolute Gasteiger partial charge is 0.490 e. The summed E-state index contributed by atoms with van der Waals surface area (Å²) < 4.78 is 73.6. The molecule has 0 amide bonds. The summed E-state index contributed by atoms with van der Waals surface area (Å²) in [5.74, 6) is -1.86. The average Bonchev–Trinajstić information content (AvgIpc) is 2.77. The third-order valence-corrected chi connectivity index (χ3v) is 10.7. The van der Waals surface area contributed by atoms with Gasteiger partial charge >= 0.3 is 0 Å². The highest BCUT2D eigenvalue weighted by atomic mass is 35.5. The Morgan fingerprint density at radius 1 is 1.06 bits per heavy atom. The molecule has 33 heavy (non-hydrogen) atoms. The molecular weight excluding hydrogens is 494 g/mol. The van der Waals surface area contributed by atoms with Crippen LogP contribution in [0.2, 0.25) is 5.02 Å². The third-order valence-electron chi connectivity index (χ3n) is 6.71. The van der Waals surface area contributed by atoms with Gasteiger partial charge in [-0.2, -0.15) is 11.8 Å². The summed E-state index contributed by atoms with van der Waals surface area (Å²) in [5, 5.41) is 0.806. The molecule has 2 aromatic carbocycles. The molecule has 0 spiro atoms. The lowest BCUT2D eigenvalue weighted by Gasteiger charge is -2.50. The van der Waals surface area contributed by atoms with Gasteiger partial charge in [0.25, 0.3) is 0 Å². The van der Waals surface area contributed by atoms with Crippen LogP contribution in [0.15, 0.2) is 41.3 Å². The maximum Gasteiger partial charge on any atom is 0.189 e. The molecule has 0 bridgehead atoms. The van der Waals surface area contributed by atoms with E-state index < -0.39 is 38.2 Å². The molecule has 3 heterocycles. The van der Waals surface area contributed by atoms with Crippen molar-refractivity contribution >= 4 is 33.2 Å². The molecule has 2 fully saturated rings. The van der Waals surface area contributed by atoms with Gasteiger partial charge in [0, 0.05) is 17.5 Å². The van der Waals surface area contributed by atoms with Crippen LogP contribution in [0.4, 0.5) is 8.78 Å². The zero-order chi connectivity index (χ0) is 23.2. The Morgan fingerprint density at radius 3 is 2.48 bits per heavy atom. The molecule has 0 aliphatic carbocycles. The molecule has 2 aromatic rings. The van der Waals surface area contributed by atoms with Crippen LogP contribution in [0, 0.1) is 17.6 Å². The second-order valence-corrected chi connectivity index (χ2v) is 12.5. The van der Waals surface area contributed by atoms with Gasteiger partial charge in [-0.05, 0) is 55.0 Å². The lowest BCUT2D eigenvalue weighted by molar-refractivity contribution is -0.0731. The van der Waals surface area contributed by atoms with Crippen molar-refractivity contribution in [3.05, 3.63) is 58.6 Å². The number of halogens is 3. The minimum absolute atomic E-state index is 0.000528. The Labute approximate surface area is 200 Å². The van der Waals surface area contributed by atoms with Gasteiger partial charge in [0.15, 0.2) is 21.4 Å². The SMILES string of the molecule is O=S(=O)(c1ccc(Cl)cc1)[C@@]12CCO[C@@H](CCSC3COC3)[C@@H]1COc1c(F)ccc(F)c12. The van der Waals surface area contributed by atoms with E-state index in [2.05, 4.69) is 0 Å². The quantitative estimate of drug-likeness (QED) is 0.559. The van der Waals surface area contributed by atoms with Gasteiger partial charge in [0.1, 0.15) is 10.6 Å². The van der Waals surface area contributed by atoms with Crippen molar-refractivity contribution in [3.8, 4) is 5.75 Å². The number of thioether (sulfide) groups is 1. The first-order valence-electron chi connectivity index (χ1n) is 10.8. The predicted octanol–water partition coefficient (Wildman–Crippen LogP) is 4.61. The van der Waals surface area contributed by atoms with E-state index >= 15 is 4.39 Å². The van der Waals surface area contributed by atoms with E-state index in [4.69, 9.17) is 25.8 Å². The third kappa shape index (κ3) is 3.86. The molecule has 5 nitrogen and oxygen atoms in total. The lowest BCUT2D eigenvalue weighted by atomic mass is 9.75. The van der Waals surface area contributed by atoms with Crippen molar-refractivity contribution in [2.45, 2.75) is 33.8 Å². The van der Waals surface area contributed by atoms with E-state index in [9.17, 15) is 12.8 Å². The first-order valence-corrected chi connectivity index (χ1v) is 13.7. The number of hydrogen-bond acceptors (Lipinski definition) is 6. The highest BCUT2D eigenvalue weighted by Gasteiger charge is 2.61. The van der Waals surface area contributed by atoms with Crippen LogP contribution in [-0.4, -0.2) is 52.0 Å². The fourth-order valence-corrected chi connectivity index (χ4v) is 8.55. The minimum atomic E-state index is -4.17. The van der Waals surface area contributed by atoms with Gasteiger partial charge in [-0.25, -0.2) is 17.2 Å². The van der Waals surface area contributed by atoms with Gasteiger partial charge in [0.2, 0.25) is 0 Å². The number of ether oxygens (including phenoxy) is 3. The van der Waals surface area contributed by atoms with E-state index in [0.717, 1.165) is 17.9 Å². The molecule has 178 valence electrons. The van der Waals surface area contributed by atoms with Crippen molar-refractivity contribution < 1.29 is 31.4 Å². The Kier molecular flexibility index (Phi) is 6.37. The van der Waals surface area contributed by atoms with Crippen LogP contribution in [0.5, 0.6) is 5.75 Å². The molecule has 3 aliphatic rings. The molecular formula is C23H23ClF2O5S2. The fraction of sp³-hybridized carbons (Fsp3) is 0.478. The van der Waals surface area contributed by atoms with Crippen LogP contribution >= 0.6 is 23.4 Å². The first-order chi connectivity index (χ1) is 15.8. The molecule has 0 unspecified atom stereocenters. The lowest BCUT2D eigenvalue weighted by Crippen LogP contribution is -2.57. The van der Waals surface area contributed by atoms with Crippen molar-refractivity contribution in [1.29, 1.82) is 0 Å². The fourth-order valence-electron chi connectivity index (χ4n) is 5.00. The van der Waals surface area contributed by atoms with E-state index in [1.54, 1.807) is 11.8 Å². The maximum absolute atomic E-state index is 15.3. The van der Waals surface area contributed by atoms with Gasteiger partial charge in [-0.3, -0.25) is 0 Å². The standard InChI is InChI=1S/C23H23ClF2O5S2/c24-14-1-3-16(4-2-14)33(27,28)23-8-9-30-20(7-10-32-15-11-29-12-15)17(23)13-31-22-19(26)6-5-18(25)21(22)23/h1-6,15,17,20H,7-13H2/t17-,20-,23-/m0/s1. The number of sulfone groups is 1. The molecule has 2 saturated heterocycles. The summed E-state index contributed by atoms with van der Waals surface area (Å²) >= 11 is 7.73. The number of rotatable bonds is 6. The topological polar surface area (TPSA) is 61.8 Å². The van der Waals surface area contributed by atoms with Gasteiger partial charge in [0.05, 0.1) is 41.6 Å². The zero-order valence-electron chi connectivity index (χ0n) is 17.6. The molecule has 0 N–H and O–H groups in total. The highest BCUT2D eigenvalue weighted by molar-refractivity contribution is 8.00. The number of fused-ring (bicyclic) bond motifs is 3. The van der Waals surface area contributed by atoms with E-state index in [1.165, 1.54) is 24.3 Å². The van der Waals surface area contributed by atoms with Gasteiger partial charge in [-0.15, -0.1) is 0 Å². The van der Waals surface area contributed by atoms with Crippen LogP contribution in [0.3, 0.4) is 0 Å². The Bertz CT molecular complexity index is 1140. The summed E-state index contributed by atoms with van der Waals surface area (Å²) in [4.78, 5) is 0.00931. The molecule has 10 heteroatoms. The zero-order valence-corrected chi connectivity index (χ0v) is 20.0. The van der Waals surface area contributed by atoms with Crippen molar-refractivity contribution in [3.63, 3.8) is 0 Å². The molecule has 3 aliphatic heterocycles. The van der Waals surface area contributed by atoms with Crippen LogP contribution in [-0.2, 0) is 24.1 Å². The molecule has 0 saturated carbocycles. The van der Waals surface area contributed by atoms with E-state index in [1.807, 2.05) is 0 Å². The molecule has 5 rings (SSSR count). The highest BCUT2D eigenvalue weighted by Crippen LogP contribution is 2.56. The summed E-state index contributed by atoms with van der Waals surface area (Å²) in [6.45, 7) is 1.44. The smallest absolute Gasteiger partial charge is 0.189 e. The molecule has 0 aromatic heterocycles. The second kappa shape index (κ2) is 9.00. The predicted molar refractivity (Wildman–Crippen MR) is 122 cm³/mol. The van der Waals surface area contributed by atoms with E-state index in [0.29, 0.717) is 29.9 Å². The second-order valence-electron chi connectivity index (χ2n) is 8.48. The summed E-state index contributed by atoms with van der Waals surface area (Å²) in [5.41, 5.74) is -0.234. The van der Waals surface area contributed by atoms with Crippen LogP contribution in [0.1, 0.15) is 18.4 Å². The van der Waals surface area contributed by atoms with Gasteiger partial charge in [-0.1, -0.05) is 11.6 Å². The number of benzene rings is 2.